The van der Waals surface area contributed by atoms with Crippen LogP contribution in [0.25, 0.3) is 0 Å². The zero-order chi connectivity index (χ0) is 14.0. The molecule has 0 fully saturated rings. The van der Waals surface area contributed by atoms with Crippen LogP contribution in [0.2, 0.25) is 0 Å². The summed E-state index contributed by atoms with van der Waals surface area (Å²) in [4.78, 5) is 3.65. The molecule has 3 N–H and O–H groups in total. The molecule has 10 heteroatoms. The number of anilines is 2. The lowest BCUT2D eigenvalue weighted by molar-refractivity contribution is -0.121. The van der Waals surface area contributed by atoms with E-state index in [1.54, 1.807) is 0 Å². The molecular formula is C8H11F3N4O2S. The predicted octanol–water partition coefficient (Wildman–Crippen LogP) is 0.497. The molecule has 0 radical (unpaired) electrons. The Morgan fingerprint density at radius 3 is 2.61 bits per heavy atom. The van der Waals surface area contributed by atoms with Gasteiger partial charge in [0.2, 0.25) is 0 Å². The first-order chi connectivity index (χ1) is 8.13. The van der Waals surface area contributed by atoms with Gasteiger partial charge in [0.25, 0.3) is 0 Å². The third kappa shape index (κ3) is 3.74. The van der Waals surface area contributed by atoms with E-state index < -0.39 is 22.9 Å². The van der Waals surface area contributed by atoms with Gasteiger partial charge in [0.05, 0.1) is 17.6 Å². The first-order valence-corrected chi connectivity index (χ1v) is 6.07. The summed E-state index contributed by atoms with van der Waals surface area (Å²) in [5, 5.41) is 0. The second-order valence-corrected chi connectivity index (χ2v) is 5.13. The number of alkyl halides is 3. The van der Waals surface area contributed by atoms with E-state index in [1.165, 1.54) is 23.2 Å². The fraction of sp³-hybridized carbons (Fsp3) is 0.375. The maximum Gasteiger partial charge on any atom is 0.402 e. The van der Waals surface area contributed by atoms with Crippen molar-refractivity contribution in [2.75, 3.05) is 23.6 Å². The first kappa shape index (κ1) is 14.5. The number of halogens is 3. The van der Waals surface area contributed by atoms with Gasteiger partial charge in [-0.15, -0.1) is 0 Å². The van der Waals surface area contributed by atoms with Crippen LogP contribution in [-0.4, -0.2) is 33.2 Å². The van der Waals surface area contributed by atoms with Gasteiger partial charge in [0.1, 0.15) is 6.54 Å². The van der Waals surface area contributed by atoms with Crippen molar-refractivity contribution in [3.05, 3.63) is 18.5 Å². The largest absolute Gasteiger partial charge is 0.402 e. The summed E-state index contributed by atoms with van der Waals surface area (Å²) in [5.41, 5.74) is 5.56. The summed E-state index contributed by atoms with van der Waals surface area (Å²) in [6.07, 6.45) is -2.15. The van der Waals surface area contributed by atoms with E-state index in [4.69, 9.17) is 5.73 Å². The maximum atomic E-state index is 12.0. The summed E-state index contributed by atoms with van der Waals surface area (Å²) in [5.74, 6) is 0. The number of nitrogen functional groups attached to an aromatic ring is 1. The van der Waals surface area contributed by atoms with Crippen LogP contribution in [-0.2, 0) is 10.2 Å². The van der Waals surface area contributed by atoms with E-state index in [9.17, 15) is 21.6 Å². The van der Waals surface area contributed by atoms with Crippen LogP contribution < -0.4 is 14.8 Å². The lowest BCUT2D eigenvalue weighted by Gasteiger charge is -2.21. The van der Waals surface area contributed by atoms with Gasteiger partial charge in [0, 0.05) is 13.2 Å². The van der Waals surface area contributed by atoms with Crippen molar-refractivity contribution >= 4 is 21.6 Å². The molecular weight excluding hydrogens is 273 g/mol. The van der Waals surface area contributed by atoms with Gasteiger partial charge in [-0.3, -0.25) is 9.29 Å². The van der Waals surface area contributed by atoms with Crippen LogP contribution >= 0.6 is 0 Å². The van der Waals surface area contributed by atoms with E-state index >= 15 is 0 Å². The number of nitrogens with zero attached hydrogens (tertiary/aromatic N) is 2. The second-order valence-electron chi connectivity index (χ2n) is 3.34. The van der Waals surface area contributed by atoms with Gasteiger partial charge in [-0.05, 0) is 6.07 Å². The molecule has 0 amide bonds. The van der Waals surface area contributed by atoms with Gasteiger partial charge < -0.3 is 5.73 Å². The molecule has 102 valence electrons. The van der Waals surface area contributed by atoms with E-state index in [1.807, 2.05) is 0 Å². The third-order valence-corrected chi connectivity index (χ3v) is 3.41. The first-order valence-electron chi connectivity index (χ1n) is 4.63. The zero-order valence-corrected chi connectivity index (χ0v) is 10.1. The van der Waals surface area contributed by atoms with Crippen LogP contribution in [0.4, 0.5) is 24.5 Å². The van der Waals surface area contributed by atoms with Crippen molar-refractivity contribution in [1.82, 2.24) is 9.71 Å². The highest BCUT2D eigenvalue weighted by Crippen LogP contribution is 2.22. The summed E-state index contributed by atoms with van der Waals surface area (Å²) in [7, 11) is -3.23. The highest BCUT2D eigenvalue weighted by molar-refractivity contribution is 7.90. The smallest absolute Gasteiger partial charge is 0.396 e. The molecule has 1 aromatic rings. The molecule has 18 heavy (non-hydrogen) atoms. The van der Waals surface area contributed by atoms with Crippen molar-refractivity contribution in [1.29, 1.82) is 0 Å². The Labute approximate surface area is 102 Å². The molecule has 0 saturated carbocycles. The fourth-order valence-corrected chi connectivity index (χ4v) is 2.05. The van der Waals surface area contributed by atoms with Crippen molar-refractivity contribution < 1.29 is 21.6 Å². The number of pyridine rings is 1. The molecule has 0 aliphatic heterocycles. The van der Waals surface area contributed by atoms with Crippen LogP contribution in [0.5, 0.6) is 0 Å². The van der Waals surface area contributed by atoms with E-state index in [0.717, 1.165) is 7.05 Å². The van der Waals surface area contributed by atoms with Crippen molar-refractivity contribution in [3.63, 3.8) is 0 Å². The fourth-order valence-electron chi connectivity index (χ4n) is 1.09. The van der Waals surface area contributed by atoms with Gasteiger partial charge in [-0.25, -0.2) is 0 Å². The Morgan fingerprint density at radius 1 is 1.50 bits per heavy atom. The molecule has 1 rings (SSSR count). The van der Waals surface area contributed by atoms with Gasteiger partial charge in [-0.2, -0.15) is 26.3 Å². The molecule has 0 unspecified atom stereocenters. The quantitative estimate of drug-likeness (QED) is 0.842. The highest BCUT2D eigenvalue weighted by Gasteiger charge is 2.31. The highest BCUT2D eigenvalue weighted by atomic mass is 32.2. The normalized spacial score (nSPS) is 12.4. The Bertz CT molecular complexity index is 517. The molecule has 0 aromatic carbocycles. The zero-order valence-electron chi connectivity index (χ0n) is 9.27. The van der Waals surface area contributed by atoms with Gasteiger partial charge >= 0.3 is 16.4 Å². The molecule has 0 aliphatic carbocycles. The molecule has 6 nitrogen and oxygen atoms in total. The van der Waals surface area contributed by atoms with Gasteiger partial charge in [-0.1, -0.05) is 0 Å². The summed E-state index contributed by atoms with van der Waals surface area (Å²) < 4.78 is 61.0. The van der Waals surface area contributed by atoms with Gasteiger partial charge in [0.15, 0.2) is 0 Å². The molecule has 0 spiro atoms. The number of nitrogens with one attached hydrogen (secondary N) is 1. The second kappa shape index (κ2) is 4.98. The minimum Gasteiger partial charge on any atom is -0.396 e. The number of hydrogen-bond donors (Lipinski definition) is 2. The SMILES string of the molecule is CN(c1ccncc1N)S(=O)(=O)NCC(F)(F)F. The molecule has 1 heterocycles. The van der Waals surface area contributed by atoms with E-state index in [-0.39, 0.29) is 11.4 Å². The Kier molecular flexibility index (Phi) is 4.02. The monoisotopic (exact) mass is 284 g/mol. The lowest BCUT2D eigenvalue weighted by atomic mass is 10.3. The van der Waals surface area contributed by atoms with Crippen molar-refractivity contribution in [3.8, 4) is 0 Å². The molecule has 0 aliphatic rings. The summed E-state index contributed by atoms with van der Waals surface area (Å²) in [6, 6.07) is 1.28. The maximum absolute atomic E-state index is 12.0. The number of aromatic nitrogens is 1. The third-order valence-electron chi connectivity index (χ3n) is 1.98. The molecule has 0 atom stereocenters. The lowest BCUT2D eigenvalue weighted by Crippen LogP contribution is -2.42. The van der Waals surface area contributed by atoms with Crippen molar-refractivity contribution in [2.24, 2.45) is 0 Å². The van der Waals surface area contributed by atoms with Crippen LogP contribution in [0.3, 0.4) is 0 Å². The predicted molar refractivity (Wildman–Crippen MR) is 60.0 cm³/mol. The summed E-state index contributed by atoms with van der Waals surface area (Å²) in [6.45, 7) is -1.65. The number of rotatable bonds is 4. The average molecular weight is 284 g/mol. The molecule has 0 bridgehead atoms. The van der Waals surface area contributed by atoms with Crippen LogP contribution in [0.15, 0.2) is 18.5 Å². The number of hydrogen-bond acceptors (Lipinski definition) is 4. The van der Waals surface area contributed by atoms with E-state index in [2.05, 4.69) is 4.98 Å². The summed E-state index contributed by atoms with van der Waals surface area (Å²) >= 11 is 0. The van der Waals surface area contributed by atoms with Crippen LogP contribution in [0, 0.1) is 0 Å². The molecule has 1 aromatic heterocycles. The Morgan fingerprint density at radius 2 is 2.11 bits per heavy atom. The average Bonchev–Trinajstić information content (AvgIpc) is 2.25. The Hall–Kier alpha value is -1.55. The minimum atomic E-state index is -4.63. The Balaban J connectivity index is 2.90. The minimum absolute atomic E-state index is 0.0392. The topological polar surface area (TPSA) is 88.3 Å². The standard InChI is InChI=1S/C8H11F3N4O2S/c1-15(7-2-3-13-4-6(7)12)18(16,17)14-5-8(9,10)11/h2-4,14H,5,12H2,1H3. The molecule has 0 saturated heterocycles. The van der Waals surface area contributed by atoms with Crippen molar-refractivity contribution in [2.45, 2.75) is 6.18 Å². The number of nitrogens with two attached hydrogens (primary N) is 1. The van der Waals surface area contributed by atoms with E-state index in [0.29, 0.717) is 4.31 Å². The van der Waals surface area contributed by atoms with Crippen LogP contribution in [0.1, 0.15) is 0 Å².